The number of hydrogen-bond acceptors (Lipinski definition) is 6. The molecule has 8 nitrogen and oxygen atoms in total. The number of aryl methyl sites for hydroxylation is 1. The molecule has 1 N–H and O–H groups in total. The van der Waals surface area contributed by atoms with E-state index in [1.54, 1.807) is 10.9 Å². The second-order valence-corrected chi connectivity index (χ2v) is 5.89. The van der Waals surface area contributed by atoms with Crippen molar-refractivity contribution >= 4 is 0 Å². The Balaban J connectivity index is 1.53. The van der Waals surface area contributed by atoms with Crippen LogP contribution in [0.2, 0.25) is 0 Å². The number of ether oxygens (including phenoxy) is 2. The quantitative estimate of drug-likeness (QED) is 0.872. The van der Waals surface area contributed by atoms with Crippen LogP contribution in [0.3, 0.4) is 0 Å². The molecule has 2 bridgehead atoms. The summed E-state index contributed by atoms with van der Waals surface area (Å²) in [6.07, 6.45) is 6.35. The Labute approximate surface area is 127 Å². The maximum absolute atomic E-state index is 10.9. The van der Waals surface area contributed by atoms with Crippen LogP contribution in [0.15, 0.2) is 18.6 Å². The number of rotatable bonds is 4. The van der Waals surface area contributed by atoms with Gasteiger partial charge in [-0.25, -0.2) is 4.68 Å². The number of aliphatic hydroxyl groups is 1. The molecule has 0 aromatic carbocycles. The highest BCUT2D eigenvalue weighted by Gasteiger charge is 2.51. The summed E-state index contributed by atoms with van der Waals surface area (Å²) in [5, 5.41) is 23.3. The molecule has 2 fully saturated rings. The first-order chi connectivity index (χ1) is 10.7. The summed E-state index contributed by atoms with van der Waals surface area (Å²) >= 11 is 0. The van der Waals surface area contributed by atoms with E-state index < -0.39 is 11.9 Å². The van der Waals surface area contributed by atoms with E-state index in [0.717, 1.165) is 18.5 Å². The first kappa shape index (κ1) is 13.9. The fourth-order valence-electron chi connectivity index (χ4n) is 3.02. The Morgan fingerprint density at radius 2 is 2.32 bits per heavy atom. The van der Waals surface area contributed by atoms with Crippen LogP contribution in [0, 0.1) is 0 Å². The van der Waals surface area contributed by atoms with E-state index in [1.165, 1.54) is 0 Å². The third-order valence-electron chi connectivity index (χ3n) is 4.32. The van der Waals surface area contributed by atoms with Gasteiger partial charge in [0.1, 0.15) is 5.69 Å². The van der Waals surface area contributed by atoms with Gasteiger partial charge in [0.15, 0.2) is 11.9 Å². The van der Waals surface area contributed by atoms with Gasteiger partial charge in [0.2, 0.25) is 0 Å². The number of aromatic nitrogens is 5. The maximum Gasteiger partial charge on any atom is 0.192 e. The minimum atomic E-state index is -1.21. The zero-order valence-corrected chi connectivity index (χ0v) is 12.4. The van der Waals surface area contributed by atoms with Crippen molar-refractivity contribution in [3.63, 3.8) is 0 Å². The number of hydrogen-bond donors (Lipinski definition) is 1. The molecule has 2 aromatic heterocycles. The van der Waals surface area contributed by atoms with E-state index in [1.807, 2.05) is 24.0 Å². The van der Waals surface area contributed by atoms with Crippen LogP contribution in [0.4, 0.5) is 0 Å². The van der Waals surface area contributed by atoms with Crippen LogP contribution in [-0.4, -0.2) is 48.9 Å². The molecule has 2 aliphatic heterocycles. The molecule has 0 amide bonds. The molecule has 4 rings (SSSR count). The van der Waals surface area contributed by atoms with Crippen LogP contribution in [0.25, 0.3) is 0 Å². The van der Waals surface area contributed by atoms with E-state index >= 15 is 0 Å². The van der Waals surface area contributed by atoms with E-state index in [-0.39, 0.29) is 6.10 Å². The van der Waals surface area contributed by atoms with Crippen molar-refractivity contribution in [2.24, 2.45) is 0 Å². The lowest BCUT2D eigenvalue weighted by Crippen LogP contribution is -2.44. The van der Waals surface area contributed by atoms with Crippen molar-refractivity contribution in [2.75, 3.05) is 6.61 Å². The molecule has 2 aromatic rings. The van der Waals surface area contributed by atoms with Crippen molar-refractivity contribution in [1.29, 1.82) is 0 Å². The van der Waals surface area contributed by atoms with Gasteiger partial charge >= 0.3 is 0 Å². The Bertz CT molecular complexity index is 669. The summed E-state index contributed by atoms with van der Waals surface area (Å²) in [7, 11) is 0. The van der Waals surface area contributed by atoms with Gasteiger partial charge in [-0.1, -0.05) is 5.21 Å². The van der Waals surface area contributed by atoms with E-state index in [2.05, 4.69) is 15.4 Å². The second kappa shape index (κ2) is 5.15. The Hall–Kier alpha value is -1.77. The zero-order chi connectivity index (χ0) is 15.2. The van der Waals surface area contributed by atoms with Gasteiger partial charge < -0.3 is 14.6 Å². The minimum Gasteiger partial charge on any atom is -0.378 e. The Kier molecular flexibility index (Phi) is 3.24. The van der Waals surface area contributed by atoms with Crippen molar-refractivity contribution in [2.45, 2.75) is 50.8 Å². The minimum absolute atomic E-state index is 0.0974. The molecule has 118 valence electrons. The standard InChI is InChI=1S/C14H19N5O3/c1-2-18-6-10(5-15-18)7-19-8-12(16-17-19)14(20)4-3-11-9-21-13(14)22-11/h5-6,8,11,13,20H,2-4,7,9H2,1H3/t11-,13+,14?/m0/s1. The maximum atomic E-state index is 10.9. The predicted octanol–water partition coefficient (Wildman–Crippen LogP) is 0.266. The summed E-state index contributed by atoms with van der Waals surface area (Å²) in [4.78, 5) is 0. The second-order valence-electron chi connectivity index (χ2n) is 5.89. The van der Waals surface area contributed by atoms with Gasteiger partial charge in [-0.05, 0) is 19.8 Å². The monoisotopic (exact) mass is 305 g/mol. The predicted molar refractivity (Wildman–Crippen MR) is 74.8 cm³/mol. The number of nitrogens with zero attached hydrogens (tertiary/aromatic N) is 5. The summed E-state index contributed by atoms with van der Waals surface area (Å²) in [6.45, 7) is 3.98. The molecular weight excluding hydrogens is 286 g/mol. The summed E-state index contributed by atoms with van der Waals surface area (Å²) in [5.41, 5.74) is 0.335. The molecule has 0 spiro atoms. The van der Waals surface area contributed by atoms with E-state index in [9.17, 15) is 5.11 Å². The Morgan fingerprint density at radius 3 is 3.14 bits per heavy atom. The smallest absolute Gasteiger partial charge is 0.192 e. The first-order valence-corrected chi connectivity index (χ1v) is 7.59. The van der Waals surface area contributed by atoms with Gasteiger partial charge in [0, 0.05) is 18.3 Å². The van der Waals surface area contributed by atoms with Crippen LogP contribution in [0.5, 0.6) is 0 Å². The average Bonchev–Trinajstić information content (AvgIpc) is 3.24. The topological polar surface area (TPSA) is 87.2 Å². The molecule has 0 radical (unpaired) electrons. The summed E-state index contributed by atoms with van der Waals surface area (Å²) in [6, 6.07) is 0. The van der Waals surface area contributed by atoms with Gasteiger partial charge in [0.25, 0.3) is 0 Å². The molecule has 0 saturated carbocycles. The largest absolute Gasteiger partial charge is 0.378 e. The van der Waals surface area contributed by atoms with Gasteiger partial charge in [-0.3, -0.25) is 4.68 Å². The van der Waals surface area contributed by atoms with Crippen LogP contribution in [-0.2, 0) is 28.2 Å². The van der Waals surface area contributed by atoms with Gasteiger partial charge in [-0.2, -0.15) is 5.10 Å². The van der Waals surface area contributed by atoms with E-state index in [4.69, 9.17) is 9.47 Å². The SMILES string of the molecule is CCn1cc(Cn2cc(C3(O)CC[C@H]4CO[C@@H]3O4)nn2)cn1. The highest BCUT2D eigenvalue weighted by atomic mass is 16.7. The molecule has 3 atom stereocenters. The molecule has 4 heterocycles. The van der Waals surface area contributed by atoms with Crippen molar-refractivity contribution < 1.29 is 14.6 Å². The lowest BCUT2D eigenvalue weighted by molar-refractivity contribution is -0.219. The van der Waals surface area contributed by atoms with Crippen LogP contribution < -0.4 is 0 Å². The Morgan fingerprint density at radius 1 is 1.41 bits per heavy atom. The molecule has 2 aliphatic rings. The third-order valence-corrected chi connectivity index (χ3v) is 4.32. The molecule has 8 heteroatoms. The van der Waals surface area contributed by atoms with Gasteiger partial charge in [-0.15, -0.1) is 5.10 Å². The van der Waals surface area contributed by atoms with Crippen LogP contribution >= 0.6 is 0 Å². The fourth-order valence-corrected chi connectivity index (χ4v) is 3.02. The highest BCUT2D eigenvalue weighted by molar-refractivity contribution is 5.13. The van der Waals surface area contributed by atoms with E-state index in [0.29, 0.717) is 25.3 Å². The first-order valence-electron chi connectivity index (χ1n) is 7.59. The van der Waals surface area contributed by atoms with Crippen LogP contribution in [0.1, 0.15) is 31.0 Å². The molecule has 1 unspecified atom stereocenters. The fraction of sp³-hybridized carbons (Fsp3) is 0.643. The summed E-state index contributed by atoms with van der Waals surface area (Å²) in [5.74, 6) is 0. The molecule has 0 aliphatic carbocycles. The molecule has 22 heavy (non-hydrogen) atoms. The lowest BCUT2D eigenvalue weighted by Gasteiger charge is -2.34. The van der Waals surface area contributed by atoms with Gasteiger partial charge in [0.05, 0.1) is 31.6 Å². The summed E-state index contributed by atoms with van der Waals surface area (Å²) < 4.78 is 14.7. The van der Waals surface area contributed by atoms with Crippen molar-refractivity contribution in [1.82, 2.24) is 24.8 Å². The highest BCUT2D eigenvalue weighted by Crippen LogP contribution is 2.40. The normalized spacial score (nSPS) is 30.8. The van der Waals surface area contributed by atoms with Crippen molar-refractivity contribution in [3.8, 4) is 0 Å². The third kappa shape index (κ3) is 2.23. The van der Waals surface area contributed by atoms with Crippen molar-refractivity contribution in [3.05, 3.63) is 29.8 Å². The molecular formula is C14H19N5O3. The zero-order valence-electron chi connectivity index (χ0n) is 12.4. The number of fused-ring (bicyclic) bond motifs is 2. The molecule has 2 saturated heterocycles. The average molecular weight is 305 g/mol. The lowest BCUT2D eigenvalue weighted by atomic mass is 9.90.